The molecule has 28 heavy (non-hydrogen) atoms. The predicted molar refractivity (Wildman–Crippen MR) is 102 cm³/mol. The quantitative estimate of drug-likeness (QED) is 0.591. The average Bonchev–Trinajstić information content (AvgIpc) is 2.65. The second kappa shape index (κ2) is 9.12. The number of anilines is 2. The highest BCUT2D eigenvalue weighted by Gasteiger charge is 2.36. The van der Waals surface area contributed by atoms with E-state index in [1.165, 1.54) is 11.9 Å². The van der Waals surface area contributed by atoms with E-state index in [4.69, 9.17) is 9.47 Å². The highest BCUT2D eigenvalue weighted by molar-refractivity contribution is 5.63. The first-order valence-corrected chi connectivity index (χ1v) is 9.19. The van der Waals surface area contributed by atoms with Gasteiger partial charge >= 0.3 is 12.2 Å². The molecule has 0 saturated heterocycles. The van der Waals surface area contributed by atoms with Gasteiger partial charge in [0.1, 0.15) is 11.3 Å². The van der Waals surface area contributed by atoms with Crippen molar-refractivity contribution in [3.05, 3.63) is 36.0 Å². The molecule has 0 saturated carbocycles. The average molecular weight is 397 g/mol. The van der Waals surface area contributed by atoms with Crippen LogP contribution in [-0.4, -0.2) is 29.7 Å². The fourth-order valence-corrected chi connectivity index (χ4v) is 2.31. The number of aromatic nitrogens is 2. The minimum absolute atomic E-state index is 0.0583. The van der Waals surface area contributed by atoms with E-state index in [0.717, 1.165) is 12.6 Å². The van der Waals surface area contributed by atoms with Crippen molar-refractivity contribution in [2.75, 3.05) is 18.6 Å². The lowest BCUT2D eigenvalue weighted by molar-refractivity contribution is -0.137. The Morgan fingerprint density at radius 2 is 1.75 bits per heavy atom. The summed E-state index contributed by atoms with van der Waals surface area (Å²) in [5, 5.41) is 0. The van der Waals surface area contributed by atoms with Crippen LogP contribution in [-0.2, 0) is 6.18 Å². The number of benzene rings is 1. The van der Waals surface area contributed by atoms with Crippen molar-refractivity contribution in [3.8, 4) is 11.8 Å². The van der Waals surface area contributed by atoms with Gasteiger partial charge in [-0.3, -0.25) is 0 Å². The van der Waals surface area contributed by atoms with Crippen molar-refractivity contribution in [2.45, 2.75) is 46.4 Å². The molecule has 0 spiro atoms. The number of halogens is 3. The Bertz CT molecular complexity index is 764. The van der Waals surface area contributed by atoms with Gasteiger partial charge in [0.2, 0.25) is 0 Å². The molecule has 5 nitrogen and oxygen atoms in total. The Morgan fingerprint density at radius 1 is 1.11 bits per heavy atom. The normalized spacial score (nSPS) is 12.8. The number of alkyl halides is 3. The van der Waals surface area contributed by atoms with Crippen LogP contribution in [0, 0.1) is 5.92 Å². The maximum Gasteiger partial charge on any atom is 0.421 e. The first-order chi connectivity index (χ1) is 13.1. The fraction of sp³-hybridized carbons (Fsp3) is 0.500. The van der Waals surface area contributed by atoms with E-state index in [9.17, 15) is 13.2 Å². The topological polar surface area (TPSA) is 47.5 Å². The summed E-state index contributed by atoms with van der Waals surface area (Å²) in [5.74, 6) is 0.591. The second-order valence-corrected chi connectivity index (χ2v) is 6.98. The van der Waals surface area contributed by atoms with Gasteiger partial charge < -0.3 is 14.4 Å². The lowest BCUT2D eigenvalue weighted by Gasteiger charge is -2.23. The first-order valence-electron chi connectivity index (χ1n) is 9.19. The van der Waals surface area contributed by atoms with Gasteiger partial charge in [-0.2, -0.15) is 18.2 Å². The third kappa shape index (κ3) is 5.74. The maximum atomic E-state index is 13.4. The Hall–Kier alpha value is -2.51. The van der Waals surface area contributed by atoms with Gasteiger partial charge in [-0.15, -0.1) is 0 Å². The highest BCUT2D eigenvalue weighted by atomic mass is 19.4. The zero-order valence-corrected chi connectivity index (χ0v) is 16.7. The number of rotatable bonds is 8. The Kier molecular flexibility index (Phi) is 7.10. The Morgan fingerprint density at radius 3 is 2.29 bits per heavy atom. The van der Waals surface area contributed by atoms with E-state index in [1.807, 2.05) is 27.7 Å². The molecule has 8 heteroatoms. The summed E-state index contributed by atoms with van der Waals surface area (Å²) in [6, 6.07) is 6.74. The molecule has 0 N–H and O–H groups in total. The van der Waals surface area contributed by atoms with Crippen molar-refractivity contribution in [2.24, 2.45) is 5.92 Å². The second-order valence-electron chi connectivity index (χ2n) is 6.98. The number of nitrogens with zero attached hydrogens (tertiary/aromatic N) is 3. The van der Waals surface area contributed by atoms with Crippen molar-refractivity contribution in [1.82, 2.24) is 9.97 Å². The van der Waals surface area contributed by atoms with Gasteiger partial charge in [0.05, 0.1) is 12.7 Å². The molecule has 1 aromatic heterocycles. The fourth-order valence-electron chi connectivity index (χ4n) is 2.31. The number of ether oxygens (including phenoxy) is 2. The molecule has 0 fully saturated rings. The van der Waals surface area contributed by atoms with E-state index >= 15 is 0 Å². The summed E-state index contributed by atoms with van der Waals surface area (Å²) in [4.78, 5) is 9.08. The molecule has 0 bridgehead atoms. The molecule has 1 aromatic carbocycles. The van der Waals surface area contributed by atoms with E-state index in [-0.39, 0.29) is 23.9 Å². The van der Waals surface area contributed by atoms with Crippen molar-refractivity contribution in [3.63, 3.8) is 0 Å². The maximum absolute atomic E-state index is 13.4. The molecule has 154 valence electrons. The van der Waals surface area contributed by atoms with Gasteiger partial charge in [-0.1, -0.05) is 20.8 Å². The van der Waals surface area contributed by atoms with E-state index in [0.29, 0.717) is 18.0 Å². The van der Waals surface area contributed by atoms with Crippen LogP contribution in [0.3, 0.4) is 0 Å². The molecule has 0 radical (unpaired) electrons. The van der Waals surface area contributed by atoms with Gasteiger partial charge in [0, 0.05) is 18.9 Å². The molecular formula is C20H26F3N3O2. The molecular weight excluding hydrogens is 371 g/mol. The Labute approximate surface area is 163 Å². The summed E-state index contributed by atoms with van der Waals surface area (Å²) in [6.45, 7) is 8.14. The van der Waals surface area contributed by atoms with Crippen LogP contribution < -0.4 is 14.4 Å². The van der Waals surface area contributed by atoms with Crippen LogP contribution in [0.15, 0.2) is 30.5 Å². The summed E-state index contributed by atoms with van der Waals surface area (Å²) in [7, 11) is 1.52. The standard InChI is InChI=1S/C20H26F3N3O2/c1-6-14(4)28-16-9-7-15(8-10-16)26(5)18-17(20(21,22)23)11-24-19(25-18)27-12-13(2)3/h7-11,13-14H,6,12H2,1-5H3. The molecule has 0 aliphatic rings. The minimum atomic E-state index is -4.58. The molecule has 0 aliphatic heterocycles. The zero-order chi connectivity index (χ0) is 20.9. The molecule has 1 atom stereocenters. The van der Waals surface area contributed by atoms with Crippen LogP contribution in [0.2, 0.25) is 0 Å². The van der Waals surface area contributed by atoms with Crippen LogP contribution in [0.25, 0.3) is 0 Å². The number of hydrogen-bond acceptors (Lipinski definition) is 5. The SMILES string of the molecule is CCC(C)Oc1ccc(N(C)c2nc(OCC(C)C)ncc2C(F)(F)F)cc1. The summed E-state index contributed by atoms with van der Waals surface area (Å²) in [5.41, 5.74) is -0.387. The Balaban J connectivity index is 2.33. The van der Waals surface area contributed by atoms with E-state index in [1.54, 1.807) is 24.3 Å². The molecule has 1 unspecified atom stereocenters. The molecule has 0 aliphatic carbocycles. The van der Waals surface area contributed by atoms with Crippen LogP contribution in [0.1, 0.15) is 39.7 Å². The van der Waals surface area contributed by atoms with Gasteiger partial charge in [0.25, 0.3) is 0 Å². The summed E-state index contributed by atoms with van der Waals surface area (Å²) in [6.07, 6.45) is -2.91. The zero-order valence-electron chi connectivity index (χ0n) is 16.7. The first kappa shape index (κ1) is 21.8. The van der Waals surface area contributed by atoms with Gasteiger partial charge in [-0.25, -0.2) is 4.98 Å². The molecule has 2 rings (SSSR count). The molecule has 1 heterocycles. The van der Waals surface area contributed by atoms with Crippen molar-refractivity contribution < 1.29 is 22.6 Å². The summed E-state index contributed by atoms with van der Waals surface area (Å²) >= 11 is 0. The lowest BCUT2D eigenvalue weighted by atomic mass is 10.2. The van der Waals surface area contributed by atoms with Crippen molar-refractivity contribution in [1.29, 1.82) is 0 Å². The predicted octanol–water partition coefficient (Wildman–Crippen LogP) is 5.48. The highest BCUT2D eigenvalue weighted by Crippen LogP contribution is 2.38. The third-order valence-corrected chi connectivity index (χ3v) is 4.05. The van der Waals surface area contributed by atoms with Crippen LogP contribution in [0.5, 0.6) is 11.8 Å². The smallest absolute Gasteiger partial charge is 0.421 e. The molecule has 0 amide bonds. The van der Waals surface area contributed by atoms with E-state index in [2.05, 4.69) is 9.97 Å². The van der Waals surface area contributed by atoms with E-state index < -0.39 is 11.7 Å². The van der Waals surface area contributed by atoms with Crippen molar-refractivity contribution >= 4 is 11.5 Å². The minimum Gasteiger partial charge on any atom is -0.491 e. The summed E-state index contributed by atoms with van der Waals surface area (Å²) < 4.78 is 51.5. The number of hydrogen-bond donors (Lipinski definition) is 0. The lowest BCUT2D eigenvalue weighted by Crippen LogP contribution is -2.20. The largest absolute Gasteiger partial charge is 0.491 e. The van der Waals surface area contributed by atoms with Gasteiger partial charge in [0.15, 0.2) is 5.82 Å². The monoisotopic (exact) mass is 397 g/mol. The van der Waals surface area contributed by atoms with Gasteiger partial charge in [-0.05, 0) is 43.5 Å². The van der Waals surface area contributed by atoms with Crippen LogP contribution in [0.4, 0.5) is 24.7 Å². The third-order valence-electron chi connectivity index (χ3n) is 4.05. The molecule has 2 aromatic rings. The van der Waals surface area contributed by atoms with Crippen LogP contribution >= 0.6 is 0 Å².